The van der Waals surface area contributed by atoms with E-state index < -0.39 is 0 Å². The van der Waals surface area contributed by atoms with Crippen LogP contribution in [0, 0.1) is 0 Å². The van der Waals surface area contributed by atoms with Crippen molar-refractivity contribution in [1.29, 1.82) is 0 Å². The molecule has 0 bridgehead atoms. The number of nitrogens with zero attached hydrogens (tertiary/aromatic N) is 2. The molecule has 2 heterocycles. The van der Waals surface area contributed by atoms with E-state index in [0.29, 0.717) is 11.8 Å². The van der Waals surface area contributed by atoms with Crippen molar-refractivity contribution < 1.29 is 8.83 Å². The van der Waals surface area contributed by atoms with Gasteiger partial charge in [0, 0.05) is 11.1 Å². The molecular weight excluding hydrogens is 252 g/mol. The minimum atomic E-state index is 0.596. The maximum atomic E-state index is 5.43. The summed E-state index contributed by atoms with van der Waals surface area (Å²) in [5.74, 6) is 1.19. The van der Waals surface area contributed by atoms with Gasteiger partial charge in [-0.15, -0.1) is 0 Å². The zero-order valence-corrected chi connectivity index (χ0v) is 10.5. The van der Waals surface area contributed by atoms with Crippen LogP contribution in [-0.2, 0) is 0 Å². The third-order valence-electron chi connectivity index (χ3n) is 3.23. The van der Waals surface area contributed by atoms with Crippen molar-refractivity contribution in [3.05, 3.63) is 61.3 Å². The minimum absolute atomic E-state index is 0.596. The smallest absolute Gasteiger partial charge is 0.226 e. The fraction of sp³-hybridized carbons (Fsp3) is 0. The van der Waals surface area contributed by atoms with Crippen molar-refractivity contribution in [1.82, 2.24) is 9.97 Å². The fourth-order valence-corrected chi connectivity index (χ4v) is 2.38. The molecule has 0 radical (unpaired) electrons. The van der Waals surface area contributed by atoms with Gasteiger partial charge in [-0.05, 0) is 17.2 Å². The zero-order valence-electron chi connectivity index (χ0n) is 10.5. The van der Waals surface area contributed by atoms with Crippen LogP contribution in [0.25, 0.3) is 34.0 Å². The first-order chi connectivity index (χ1) is 9.93. The quantitative estimate of drug-likeness (QED) is 0.545. The Morgan fingerprint density at radius 1 is 0.650 bits per heavy atom. The van der Waals surface area contributed by atoms with Crippen LogP contribution in [0.1, 0.15) is 0 Å². The highest BCUT2D eigenvalue weighted by Gasteiger charge is 2.21. The lowest BCUT2D eigenvalue weighted by atomic mass is 10.1. The Morgan fingerprint density at radius 2 is 1.20 bits per heavy atom. The van der Waals surface area contributed by atoms with Gasteiger partial charge in [-0.1, -0.05) is 30.3 Å². The molecule has 0 unspecified atom stereocenters. The first kappa shape index (κ1) is 11.0. The van der Waals surface area contributed by atoms with E-state index in [1.807, 2.05) is 36.4 Å². The van der Waals surface area contributed by atoms with Crippen LogP contribution in [0.2, 0.25) is 0 Å². The highest BCUT2D eigenvalue weighted by atomic mass is 16.3. The molecule has 2 aromatic rings. The fourth-order valence-electron chi connectivity index (χ4n) is 2.38. The summed E-state index contributed by atoms with van der Waals surface area (Å²) in [5, 5.41) is 0. The number of aromatic nitrogens is 2. The van der Waals surface area contributed by atoms with E-state index in [1.165, 1.54) is 0 Å². The molecule has 4 nitrogen and oxygen atoms in total. The lowest BCUT2D eigenvalue weighted by Crippen LogP contribution is -1.76. The highest BCUT2D eigenvalue weighted by molar-refractivity contribution is 5.94. The summed E-state index contributed by atoms with van der Waals surface area (Å²) in [6.45, 7) is 0. The van der Waals surface area contributed by atoms with Gasteiger partial charge in [0.25, 0.3) is 0 Å². The van der Waals surface area contributed by atoms with E-state index in [4.69, 9.17) is 8.83 Å². The maximum Gasteiger partial charge on any atom is 0.226 e. The van der Waals surface area contributed by atoms with Gasteiger partial charge in [-0.3, -0.25) is 0 Å². The molecule has 0 saturated heterocycles. The largest absolute Gasteiger partial charge is 0.445 e. The number of oxazole rings is 2. The Hall–Kier alpha value is -2.88. The molecule has 0 aliphatic heterocycles. The summed E-state index contributed by atoms with van der Waals surface area (Å²) in [4.78, 5) is 8.47. The normalized spacial score (nSPS) is 11.0. The first-order valence-electron chi connectivity index (χ1n) is 6.25. The van der Waals surface area contributed by atoms with Gasteiger partial charge in [0.05, 0.1) is 12.4 Å². The summed E-state index contributed by atoms with van der Waals surface area (Å²) in [6.07, 6.45) is 6.42. The molecular formula is C16H10N2O2. The number of hydrogen-bond acceptors (Lipinski definition) is 4. The molecule has 0 fully saturated rings. The van der Waals surface area contributed by atoms with E-state index in [1.54, 1.807) is 24.9 Å². The Bertz CT molecular complexity index is 739. The molecule has 0 N–H and O–H groups in total. The van der Waals surface area contributed by atoms with Crippen LogP contribution >= 0.6 is 0 Å². The molecule has 2 aromatic heterocycles. The number of hydrogen-bond donors (Lipinski definition) is 0. The van der Waals surface area contributed by atoms with Gasteiger partial charge < -0.3 is 8.83 Å². The Morgan fingerprint density at radius 3 is 1.65 bits per heavy atom. The van der Waals surface area contributed by atoms with E-state index in [2.05, 4.69) is 9.97 Å². The molecule has 0 spiro atoms. The van der Waals surface area contributed by atoms with Gasteiger partial charge in [0.15, 0.2) is 0 Å². The second-order valence-electron chi connectivity index (χ2n) is 4.38. The van der Waals surface area contributed by atoms with Crippen LogP contribution in [-0.4, -0.2) is 9.97 Å². The third-order valence-corrected chi connectivity index (χ3v) is 3.23. The van der Waals surface area contributed by atoms with Crippen molar-refractivity contribution in [3.63, 3.8) is 0 Å². The van der Waals surface area contributed by atoms with Crippen LogP contribution in [0.3, 0.4) is 0 Å². The topological polar surface area (TPSA) is 52.1 Å². The SMILES string of the molecule is c1ccc2c(-c3ncco3)cc(-c3ncco3)c-2cc1. The molecule has 0 atom stereocenters. The van der Waals surface area contributed by atoms with Crippen molar-refractivity contribution in [2.24, 2.45) is 0 Å². The van der Waals surface area contributed by atoms with Gasteiger partial charge in [0.2, 0.25) is 11.8 Å². The van der Waals surface area contributed by atoms with E-state index in [0.717, 1.165) is 22.3 Å². The Balaban J connectivity index is 2.03. The molecule has 2 aliphatic carbocycles. The van der Waals surface area contributed by atoms with E-state index in [-0.39, 0.29) is 0 Å². The predicted octanol–water partition coefficient (Wildman–Crippen LogP) is 4.10. The van der Waals surface area contributed by atoms with Crippen molar-refractivity contribution >= 4 is 0 Å². The predicted molar refractivity (Wildman–Crippen MR) is 74.1 cm³/mol. The lowest BCUT2D eigenvalue weighted by molar-refractivity contribution is 0.574. The Kier molecular flexibility index (Phi) is 2.39. The second-order valence-corrected chi connectivity index (χ2v) is 4.38. The standard InChI is InChI=1S/C16H10N2O2/c1-2-4-11-12(5-3-1)14(16-18-7-9-20-16)10-13(11)15-17-6-8-19-15/h1-10H. The molecule has 2 aliphatic rings. The average Bonchev–Trinajstić information content (AvgIpc) is 3.16. The molecule has 0 saturated carbocycles. The summed E-state index contributed by atoms with van der Waals surface area (Å²) in [7, 11) is 0. The van der Waals surface area contributed by atoms with Crippen molar-refractivity contribution in [2.45, 2.75) is 0 Å². The monoisotopic (exact) mass is 262 g/mol. The second kappa shape index (κ2) is 4.35. The van der Waals surface area contributed by atoms with Gasteiger partial charge in [-0.2, -0.15) is 0 Å². The first-order valence-corrected chi connectivity index (χ1v) is 6.25. The van der Waals surface area contributed by atoms with Crippen molar-refractivity contribution in [3.8, 4) is 34.0 Å². The number of fused-ring (bicyclic) bond motifs is 1. The third kappa shape index (κ3) is 1.62. The lowest BCUT2D eigenvalue weighted by Gasteiger charge is -1.97. The number of rotatable bonds is 2. The van der Waals surface area contributed by atoms with Crippen LogP contribution in [0.15, 0.2) is 70.2 Å². The maximum absolute atomic E-state index is 5.43. The molecule has 20 heavy (non-hydrogen) atoms. The summed E-state index contributed by atoms with van der Waals surface area (Å²) < 4.78 is 10.9. The van der Waals surface area contributed by atoms with Crippen LogP contribution < -0.4 is 0 Å². The van der Waals surface area contributed by atoms with E-state index in [9.17, 15) is 0 Å². The Labute approximate surface area is 115 Å². The summed E-state index contributed by atoms with van der Waals surface area (Å²) in [5.41, 5.74) is 4.00. The molecule has 96 valence electrons. The van der Waals surface area contributed by atoms with Gasteiger partial charge >= 0.3 is 0 Å². The molecule has 4 heteroatoms. The van der Waals surface area contributed by atoms with Crippen molar-refractivity contribution in [2.75, 3.05) is 0 Å². The molecule has 0 aromatic carbocycles. The average molecular weight is 262 g/mol. The summed E-state index contributed by atoms with van der Waals surface area (Å²) >= 11 is 0. The van der Waals surface area contributed by atoms with E-state index >= 15 is 0 Å². The van der Waals surface area contributed by atoms with Gasteiger partial charge in [-0.25, -0.2) is 9.97 Å². The van der Waals surface area contributed by atoms with Gasteiger partial charge in [0.1, 0.15) is 12.5 Å². The summed E-state index contributed by atoms with van der Waals surface area (Å²) in [6, 6.07) is 12.1. The molecule has 4 rings (SSSR count). The molecule has 0 amide bonds. The minimum Gasteiger partial charge on any atom is -0.445 e. The highest BCUT2D eigenvalue weighted by Crippen LogP contribution is 2.42. The van der Waals surface area contributed by atoms with Crippen LogP contribution in [0.4, 0.5) is 0 Å². The van der Waals surface area contributed by atoms with Crippen LogP contribution in [0.5, 0.6) is 0 Å². The zero-order chi connectivity index (χ0) is 13.4.